The van der Waals surface area contributed by atoms with Gasteiger partial charge in [0.2, 0.25) is 0 Å². The molecule has 1 fully saturated rings. The van der Waals surface area contributed by atoms with Crippen molar-refractivity contribution in [2.45, 2.75) is 25.9 Å². The lowest BCUT2D eigenvalue weighted by Gasteiger charge is -2.23. The summed E-state index contributed by atoms with van der Waals surface area (Å²) in [5.41, 5.74) is 14.0. The maximum atomic E-state index is 15.6. The number of hydrogen-bond acceptors (Lipinski definition) is 7. The minimum Gasteiger partial charge on any atom is -0.496 e. The van der Waals surface area contributed by atoms with Crippen LogP contribution < -0.4 is 21.1 Å². The molecule has 1 saturated heterocycles. The number of halogens is 2. The largest absolute Gasteiger partial charge is 0.496 e. The number of carbonyl (C=O) groups excluding carboxylic acids is 1. The van der Waals surface area contributed by atoms with Crippen LogP contribution >= 0.6 is 0 Å². The predicted octanol–water partition coefficient (Wildman–Crippen LogP) is 3.64. The number of amides is 1. The summed E-state index contributed by atoms with van der Waals surface area (Å²) in [4.78, 5) is 23.9. The minimum atomic E-state index is -1.03. The predicted molar refractivity (Wildman–Crippen MR) is 145 cm³/mol. The average Bonchev–Trinajstić information content (AvgIpc) is 3.48. The molecule has 2 aromatic heterocycles. The van der Waals surface area contributed by atoms with Gasteiger partial charge in [0, 0.05) is 38.3 Å². The van der Waals surface area contributed by atoms with Crippen LogP contribution in [0.1, 0.15) is 22.6 Å². The summed E-state index contributed by atoms with van der Waals surface area (Å²) in [5.74, 6) is -1.91. The van der Waals surface area contributed by atoms with Crippen molar-refractivity contribution >= 4 is 22.6 Å². The van der Waals surface area contributed by atoms with E-state index in [1.165, 1.54) is 31.4 Å². The number of aromatic nitrogens is 3. The molecule has 1 amide bonds. The molecule has 1 atom stereocenters. The van der Waals surface area contributed by atoms with E-state index in [9.17, 15) is 4.79 Å². The van der Waals surface area contributed by atoms with Crippen LogP contribution in [0.5, 0.6) is 5.75 Å². The number of fused-ring (bicyclic) bond motifs is 1. The van der Waals surface area contributed by atoms with E-state index in [-0.39, 0.29) is 28.7 Å². The highest BCUT2D eigenvalue weighted by Gasteiger charge is 2.29. The first kappa shape index (κ1) is 26.5. The Labute approximate surface area is 224 Å². The van der Waals surface area contributed by atoms with Crippen molar-refractivity contribution in [3.05, 3.63) is 59.4 Å². The second kappa shape index (κ2) is 10.6. The Morgan fingerprint density at radius 2 is 1.97 bits per heavy atom. The van der Waals surface area contributed by atoms with Crippen LogP contribution in [0.25, 0.3) is 33.5 Å². The number of hydrogen-bond donors (Lipinski definition) is 2. The van der Waals surface area contributed by atoms with E-state index in [4.69, 9.17) is 25.9 Å². The molecule has 1 aliphatic heterocycles. The summed E-state index contributed by atoms with van der Waals surface area (Å²) in [7, 11) is 2.99. The molecule has 1 aliphatic rings. The number of aryl methyl sites for hydroxylation is 1. The van der Waals surface area contributed by atoms with Gasteiger partial charge in [-0.15, -0.1) is 0 Å². The van der Waals surface area contributed by atoms with Gasteiger partial charge in [0.25, 0.3) is 5.91 Å². The van der Waals surface area contributed by atoms with Crippen LogP contribution in [0.15, 0.2) is 36.4 Å². The third-order valence-corrected chi connectivity index (χ3v) is 7.08. The van der Waals surface area contributed by atoms with Gasteiger partial charge in [0.05, 0.1) is 41.7 Å². The van der Waals surface area contributed by atoms with Crippen molar-refractivity contribution in [3.63, 3.8) is 0 Å². The number of ether oxygens (including phenoxy) is 2. The fraction of sp³-hybridized carbons (Fsp3) is 0.321. The number of benzene rings is 2. The summed E-state index contributed by atoms with van der Waals surface area (Å²) >= 11 is 0. The van der Waals surface area contributed by atoms with Gasteiger partial charge in [-0.2, -0.15) is 0 Å². The van der Waals surface area contributed by atoms with Gasteiger partial charge in [0.1, 0.15) is 28.6 Å². The van der Waals surface area contributed by atoms with Gasteiger partial charge < -0.3 is 30.4 Å². The van der Waals surface area contributed by atoms with E-state index in [2.05, 4.69) is 14.5 Å². The summed E-state index contributed by atoms with van der Waals surface area (Å²) in [5, 5.41) is 0. The molecular formula is C28H30F2N6O3. The highest BCUT2D eigenvalue weighted by Crippen LogP contribution is 2.41. The Balaban J connectivity index is 1.81. The van der Waals surface area contributed by atoms with Crippen LogP contribution in [0.2, 0.25) is 0 Å². The molecule has 39 heavy (non-hydrogen) atoms. The normalized spacial score (nSPS) is 15.3. The van der Waals surface area contributed by atoms with Crippen molar-refractivity contribution in [1.29, 1.82) is 0 Å². The maximum Gasteiger partial charge on any atom is 0.251 e. The number of nitrogens with two attached hydrogens (primary N) is 2. The molecule has 11 heteroatoms. The van der Waals surface area contributed by atoms with Crippen molar-refractivity contribution in [1.82, 2.24) is 14.5 Å². The third kappa shape index (κ3) is 4.68. The Morgan fingerprint density at radius 3 is 2.64 bits per heavy atom. The third-order valence-electron chi connectivity index (χ3n) is 7.08. The van der Waals surface area contributed by atoms with Gasteiger partial charge in [-0.05, 0) is 43.7 Å². The summed E-state index contributed by atoms with van der Waals surface area (Å²) in [6.45, 7) is 4.28. The summed E-state index contributed by atoms with van der Waals surface area (Å²) in [6.07, 6.45) is 0.778. The number of imidazole rings is 1. The quantitative estimate of drug-likeness (QED) is 0.353. The lowest BCUT2D eigenvalue weighted by molar-refractivity contribution is 0.0996. The minimum absolute atomic E-state index is 0.0367. The van der Waals surface area contributed by atoms with Crippen LogP contribution in [0.4, 0.5) is 14.5 Å². The van der Waals surface area contributed by atoms with E-state index in [0.29, 0.717) is 37.3 Å². The van der Waals surface area contributed by atoms with Crippen molar-refractivity contribution in [2.24, 2.45) is 11.5 Å². The molecule has 0 unspecified atom stereocenters. The van der Waals surface area contributed by atoms with E-state index >= 15 is 8.78 Å². The van der Waals surface area contributed by atoms with Gasteiger partial charge >= 0.3 is 0 Å². The number of pyridine rings is 1. The molecule has 204 valence electrons. The SMILES string of the molecule is COCCn1c(C)nc2c(N3CC[C@H](N)C3)c(-c3cc(C(N)=O)c(F)c(-c4c(F)cccc4OC)n3)ccc21. The topological polar surface area (TPSA) is 122 Å². The Hall–Kier alpha value is -4.09. The van der Waals surface area contributed by atoms with Crippen molar-refractivity contribution in [3.8, 4) is 28.3 Å². The number of nitrogens with zero attached hydrogens (tertiary/aromatic N) is 4. The van der Waals surface area contributed by atoms with Gasteiger partial charge in [-0.3, -0.25) is 4.79 Å². The lowest BCUT2D eigenvalue weighted by Crippen LogP contribution is -2.27. The van der Waals surface area contributed by atoms with Gasteiger partial charge in [0.15, 0.2) is 5.82 Å². The van der Waals surface area contributed by atoms with E-state index in [0.717, 1.165) is 23.4 Å². The van der Waals surface area contributed by atoms with Crippen molar-refractivity contribution in [2.75, 3.05) is 38.8 Å². The monoisotopic (exact) mass is 536 g/mol. The highest BCUT2D eigenvalue weighted by atomic mass is 19.1. The number of carbonyl (C=O) groups is 1. The standard InChI is InChI=1S/C28H30F2N6O3/c1-15-33-25-21(36(15)11-12-38-2)8-7-17(27(25)35-10-9-16(31)14-35)20-13-18(28(32)37)24(30)26(34-20)23-19(29)5-4-6-22(23)39-3/h4-8,13,16H,9-12,14,31H2,1-3H3,(H2,32,37)/t16-/m0/s1. The first-order valence-electron chi connectivity index (χ1n) is 12.6. The van der Waals surface area contributed by atoms with Crippen LogP contribution in [-0.2, 0) is 11.3 Å². The second-order valence-corrected chi connectivity index (χ2v) is 9.53. The number of rotatable bonds is 8. The molecule has 0 spiro atoms. The number of methoxy groups -OCH3 is 2. The van der Waals surface area contributed by atoms with Crippen molar-refractivity contribution < 1.29 is 23.0 Å². The molecule has 4 aromatic rings. The smallest absolute Gasteiger partial charge is 0.251 e. The molecule has 5 rings (SSSR count). The number of anilines is 1. The van der Waals surface area contributed by atoms with E-state index in [1.807, 2.05) is 19.1 Å². The second-order valence-electron chi connectivity index (χ2n) is 9.53. The first-order valence-corrected chi connectivity index (χ1v) is 12.6. The zero-order valence-corrected chi connectivity index (χ0v) is 22.0. The molecular weight excluding hydrogens is 506 g/mol. The average molecular weight is 537 g/mol. The van der Waals surface area contributed by atoms with Crippen LogP contribution in [0, 0.1) is 18.6 Å². The molecule has 0 bridgehead atoms. The number of primary amides is 1. The molecule has 0 saturated carbocycles. The van der Waals surface area contributed by atoms with Crippen LogP contribution in [-0.4, -0.2) is 60.4 Å². The summed E-state index contributed by atoms with van der Waals surface area (Å²) < 4.78 is 43.3. The molecule has 0 aliphatic carbocycles. The van der Waals surface area contributed by atoms with Crippen LogP contribution in [0.3, 0.4) is 0 Å². The first-order chi connectivity index (χ1) is 18.7. The molecule has 3 heterocycles. The van der Waals surface area contributed by atoms with Gasteiger partial charge in [-0.25, -0.2) is 18.7 Å². The Kier molecular flexibility index (Phi) is 7.19. The lowest BCUT2D eigenvalue weighted by atomic mass is 10.0. The highest BCUT2D eigenvalue weighted by molar-refractivity contribution is 6.01. The Bertz CT molecular complexity index is 1570. The van der Waals surface area contributed by atoms with E-state index in [1.54, 1.807) is 7.11 Å². The molecule has 4 N–H and O–H groups in total. The fourth-order valence-electron chi connectivity index (χ4n) is 5.19. The zero-order chi connectivity index (χ0) is 27.8. The Morgan fingerprint density at radius 1 is 1.18 bits per heavy atom. The maximum absolute atomic E-state index is 15.6. The molecule has 2 aromatic carbocycles. The van der Waals surface area contributed by atoms with E-state index < -0.39 is 23.1 Å². The molecule has 9 nitrogen and oxygen atoms in total. The summed E-state index contributed by atoms with van der Waals surface area (Å²) in [6, 6.07) is 9.12. The zero-order valence-electron chi connectivity index (χ0n) is 22.0. The molecule has 0 radical (unpaired) electrons. The van der Waals surface area contributed by atoms with Gasteiger partial charge in [-0.1, -0.05) is 6.07 Å². The fourth-order valence-corrected chi connectivity index (χ4v) is 5.19.